The summed E-state index contributed by atoms with van der Waals surface area (Å²) in [6, 6.07) is 11.3. The van der Waals surface area contributed by atoms with Crippen molar-refractivity contribution in [3.63, 3.8) is 0 Å². The summed E-state index contributed by atoms with van der Waals surface area (Å²) in [5, 5.41) is 11.6. The molecular weight excluding hydrogens is 395 g/mol. The van der Waals surface area contributed by atoms with E-state index in [1.54, 1.807) is 30.3 Å². The van der Waals surface area contributed by atoms with Crippen molar-refractivity contribution in [2.75, 3.05) is 5.75 Å². The number of hydrogen-bond acceptors (Lipinski definition) is 3. The lowest BCUT2D eigenvalue weighted by Gasteiger charge is -2.14. The number of hydrogen-bond donors (Lipinski definition) is 2. The van der Waals surface area contributed by atoms with Crippen LogP contribution in [0.4, 0.5) is 13.2 Å². The summed E-state index contributed by atoms with van der Waals surface area (Å²) in [6.45, 7) is 0. The van der Waals surface area contributed by atoms with Crippen LogP contribution in [-0.2, 0) is 33.0 Å². The minimum Gasteiger partial charge on any atom is -0.480 e. The maximum absolute atomic E-state index is 12.5. The summed E-state index contributed by atoms with van der Waals surface area (Å²) in [6.07, 6.45) is -4.77. The molecule has 150 valence electrons. The number of alkyl halides is 3. The second-order valence-electron chi connectivity index (χ2n) is 5.98. The first-order chi connectivity index (χ1) is 13.2. The largest absolute Gasteiger partial charge is 0.480 e. The van der Waals surface area contributed by atoms with E-state index in [2.05, 4.69) is 5.32 Å². The molecule has 5 nitrogen and oxygen atoms in total. The van der Waals surface area contributed by atoms with Crippen molar-refractivity contribution in [2.24, 2.45) is 0 Å². The monoisotopic (exact) mass is 413 g/mol. The number of nitrogens with one attached hydrogen (secondary N) is 1. The topological polar surface area (TPSA) is 83.5 Å². The lowest BCUT2D eigenvalue weighted by molar-refractivity contribution is -0.141. The molecule has 0 spiro atoms. The van der Waals surface area contributed by atoms with Gasteiger partial charge in [0, 0.05) is 10.6 Å². The molecule has 0 bridgehead atoms. The van der Waals surface area contributed by atoms with Crippen molar-refractivity contribution in [1.29, 1.82) is 0 Å². The van der Waals surface area contributed by atoms with Gasteiger partial charge in [-0.1, -0.05) is 30.3 Å². The van der Waals surface area contributed by atoms with E-state index in [1.165, 1.54) is 12.1 Å². The third-order valence-corrected chi connectivity index (χ3v) is 5.28. The fourth-order valence-electron chi connectivity index (χ4n) is 2.41. The maximum Gasteiger partial charge on any atom is 0.416 e. The summed E-state index contributed by atoms with van der Waals surface area (Å²) in [5.41, 5.74) is -0.508. The van der Waals surface area contributed by atoms with E-state index in [0.29, 0.717) is 10.5 Å². The first-order valence-corrected chi connectivity index (χ1v) is 9.60. The molecule has 0 aliphatic rings. The molecular formula is C19H18F3NO4S. The molecule has 0 aliphatic heterocycles. The van der Waals surface area contributed by atoms with Gasteiger partial charge in [-0.15, -0.1) is 0 Å². The van der Waals surface area contributed by atoms with E-state index in [-0.39, 0.29) is 18.6 Å². The van der Waals surface area contributed by atoms with Gasteiger partial charge >= 0.3 is 12.1 Å². The van der Waals surface area contributed by atoms with Gasteiger partial charge in [-0.05, 0) is 36.2 Å². The van der Waals surface area contributed by atoms with Gasteiger partial charge in [0.1, 0.15) is 6.04 Å². The summed E-state index contributed by atoms with van der Waals surface area (Å²) in [4.78, 5) is 24.0. The number of rotatable bonds is 8. The Morgan fingerprint density at radius 1 is 1.04 bits per heavy atom. The van der Waals surface area contributed by atoms with Crippen LogP contribution in [-0.4, -0.2) is 33.0 Å². The van der Waals surface area contributed by atoms with Crippen LogP contribution in [0.15, 0.2) is 59.5 Å². The molecule has 28 heavy (non-hydrogen) atoms. The summed E-state index contributed by atoms with van der Waals surface area (Å²) >= 11 is 0. The Bertz CT molecular complexity index is 839. The SMILES string of the molecule is O=C(Cc1ccc(C(F)(F)F)cc1)N[C@@H](CC[S@@](=O)c1ccccc1)C(=O)O. The molecule has 1 amide bonds. The van der Waals surface area contributed by atoms with Crippen LogP contribution < -0.4 is 5.32 Å². The zero-order valence-corrected chi connectivity index (χ0v) is 15.4. The van der Waals surface area contributed by atoms with Crippen LogP contribution in [0.5, 0.6) is 0 Å². The van der Waals surface area contributed by atoms with Gasteiger partial charge in [-0.3, -0.25) is 9.00 Å². The number of benzene rings is 2. The van der Waals surface area contributed by atoms with Gasteiger partial charge in [-0.2, -0.15) is 13.2 Å². The second kappa shape index (κ2) is 9.50. The van der Waals surface area contributed by atoms with Crippen molar-refractivity contribution < 1.29 is 32.1 Å². The average Bonchev–Trinajstić information content (AvgIpc) is 2.65. The summed E-state index contributed by atoms with van der Waals surface area (Å²) in [7, 11) is -1.41. The van der Waals surface area contributed by atoms with Gasteiger partial charge in [-0.25, -0.2) is 4.79 Å². The predicted octanol–water partition coefficient (Wildman–Crippen LogP) is 3.02. The van der Waals surface area contributed by atoms with Crippen LogP contribution >= 0.6 is 0 Å². The third-order valence-electron chi connectivity index (χ3n) is 3.88. The van der Waals surface area contributed by atoms with E-state index < -0.39 is 40.5 Å². The zero-order valence-electron chi connectivity index (χ0n) is 14.6. The molecule has 2 N–H and O–H groups in total. The number of amides is 1. The van der Waals surface area contributed by atoms with Gasteiger partial charge in [0.15, 0.2) is 0 Å². The number of carbonyl (C=O) groups excluding carboxylic acids is 1. The number of carboxylic acid groups (broad SMARTS) is 1. The standard InChI is InChI=1S/C19H18F3NO4S/c20-19(21,22)14-8-6-13(7-9-14)12-17(24)23-16(18(25)26)10-11-28(27)15-4-2-1-3-5-15/h1-9,16H,10-12H2,(H,23,24)(H,25,26)/t16-,28+/m0/s1. The summed E-state index contributed by atoms with van der Waals surface area (Å²) < 4.78 is 49.8. The Balaban J connectivity index is 1.91. The van der Waals surface area contributed by atoms with E-state index in [1.807, 2.05) is 0 Å². The molecule has 2 aromatic rings. The average molecular weight is 413 g/mol. The number of carbonyl (C=O) groups is 2. The number of halogens is 3. The van der Waals surface area contributed by atoms with Crippen molar-refractivity contribution >= 4 is 22.7 Å². The molecule has 2 atom stereocenters. The van der Waals surface area contributed by atoms with Crippen LogP contribution in [0.3, 0.4) is 0 Å². The van der Waals surface area contributed by atoms with E-state index >= 15 is 0 Å². The van der Waals surface area contributed by atoms with Crippen molar-refractivity contribution in [3.8, 4) is 0 Å². The molecule has 0 aromatic heterocycles. The molecule has 0 aliphatic carbocycles. The Hall–Kier alpha value is -2.68. The molecule has 2 aromatic carbocycles. The van der Waals surface area contributed by atoms with Crippen molar-refractivity contribution in [1.82, 2.24) is 5.32 Å². The van der Waals surface area contributed by atoms with Crippen LogP contribution in [0.1, 0.15) is 17.5 Å². The first kappa shape index (κ1) is 21.6. The van der Waals surface area contributed by atoms with Gasteiger partial charge < -0.3 is 10.4 Å². The summed E-state index contributed by atoms with van der Waals surface area (Å²) in [5.74, 6) is -1.87. The molecule has 0 heterocycles. The van der Waals surface area contributed by atoms with Crippen LogP contribution in [0.25, 0.3) is 0 Å². The highest BCUT2D eigenvalue weighted by Gasteiger charge is 2.30. The molecule has 0 unspecified atom stereocenters. The van der Waals surface area contributed by atoms with Crippen LogP contribution in [0, 0.1) is 0 Å². The highest BCUT2D eigenvalue weighted by atomic mass is 32.2. The lowest BCUT2D eigenvalue weighted by Crippen LogP contribution is -2.42. The number of aliphatic carboxylic acids is 1. The van der Waals surface area contributed by atoms with Crippen LogP contribution in [0.2, 0.25) is 0 Å². The highest BCUT2D eigenvalue weighted by molar-refractivity contribution is 7.85. The lowest BCUT2D eigenvalue weighted by atomic mass is 10.1. The molecule has 0 saturated heterocycles. The first-order valence-electron chi connectivity index (χ1n) is 8.28. The zero-order chi connectivity index (χ0) is 20.7. The highest BCUT2D eigenvalue weighted by Crippen LogP contribution is 2.29. The minimum atomic E-state index is -4.47. The predicted molar refractivity (Wildman–Crippen MR) is 97.0 cm³/mol. The maximum atomic E-state index is 12.5. The van der Waals surface area contributed by atoms with Gasteiger partial charge in [0.2, 0.25) is 5.91 Å². The smallest absolute Gasteiger partial charge is 0.416 e. The molecule has 2 rings (SSSR count). The Morgan fingerprint density at radius 2 is 1.64 bits per heavy atom. The van der Waals surface area contributed by atoms with Gasteiger partial charge in [0.25, 0.3) is 0 Å². The Morgan fingerprint density at radius 3 is 2.18 bits per heavy atom. The fraction of sp³-hybridized carbons (Fsp3) is 0.263. The van der Waals surface area contributed by atoms with E-state index in [0.717, 1.165) is 12.1 Å². The van der Waals surface area contributed by atoms with E-state index in [9.17, 15) is 32.1 Å². The second-order valence-corrected chi connectivity index (χ2v) is 7.55. The molecule has 0 fully saturated rings. The molecule has 0 saturated carbocycles. The third kappa shape index (κ3) is 6.49. The van der Waals surface area contributed by atoms with Gasteiger partial charge in [0.05, 0.1) is 22.8 Å². The van der Waals surface area contributed by atoms with E-state index in [4.69, 9.17) is 0 Å². The quantitative estimate of drug-likeness (QED) is 0.697. The minimum absolute atomic E-state index is 0.0432. The molecule has 9 heteroatoms. The number of carboxylic acids is 1. The Labute approximate surface area is 162 Å². The normalized spacial score (nSPS) is 13.5. The molecule has 0 radical (unpaired) electrons. The van der Waals surface area contributed by atoms with Crippen molar-refractivity contribution in [2.45, 2.75) is 30.0 Å². The Kier molecular flexibility index (Phi) is 7.33. The van der Waals surface area contributed by atoms with Crippen molar-refractivity contribution in [3.05, 3.63) is 65.7 Å². The fourth-order valence-corrected chi connectivity index (χ4v) is 3.56.